The van der Waals surface area contributed by atoms with E-state index >= 15 is 0 Å². The highest BCUT2D eigenvalue weighted by atomic mass is 16.4. The summed E-state index contributed by atoms with van der Waals surface area (Å²) in [5, 5.41) is 0. The molecule has 92 valence electrons. The fraction of sp³-hybridized carbons (Fsp3) is 0.467. The van der Waals surface area contributed by atoms with Gasteiger partial charge in [-0.15, -0.1) is 0 Å². The van der Waals surface area contributed by atoms with E-state index in [0.717, 1.165) is 29.5 Å². The topological polar surface area (TPSA) is 26.3 Å². The van der Waals surface area contributed by atoms with Crippen molar-refractivity contribution in [3.8, 4) is 0 Å². The Bertz CT molecular complexity index is 438. The first kappa shape index (κ1) is 12.0. The van der Waals surface area contributed by atoms with Crippen LogP contribution < -0.4 is 0 Å². The second-order valence-corrected chi connectivity index (χ2v) is 4.76. The zero-order chi connectivity index (χ0) is 12.4. The van der Waals surface area contributed by atoms with E-state index in [1.165, 1.54) is 0 Å². The molecule has 0 spiro atoms. The van der Waals surface area contributed by atoms with Crippen molar-refractivity contribution in [1.29, 1.82) is 0 Å². The smallest absolute Gasteiger partial charge is 0.115 e. The number of hydrogen-bond donors (Lipinski definition) is 0. The second kappa shape index (κ2) is 4.82. The van der Waals surface area contributed by atoms with Crippen molar-refractivity contribution in [1.82, 2.24) is 0 Å². The molecule has 0 N–H and O–H groups in total. The average molecular weight is 232 g/mol. The van der Waals surface area contributed by atoms with Gasteiger partial charge in [0.1, 0.15) is 23.0 Å². The van der Waals surface area contributed by atoms with Gasteiger partial charge in [-0.05, 0) is 44.0 Å². The van der Waals surface area contributed by atoms with E-state index < -0.39 is 0 Å². The standard InChI is InChI=1S/C15H20O2/c1-5-10(2)15(13-8-6-11(3)16-13)14-9-7-12(4)17-14/h6-10,15H,5H2,1-4H3. The monoisotopic (exact) mass is 232 g/mol. The van der Waals surface area contributed by atoms with Crippen molar-refractivity contribution in [2.45, 2.75) is 40.0 Å². The summed E-state index contributed by atoms with van der Waals surface area (Å²) in [6, 6.07) is 8.15. The van der Waals surface area contributed by atoms with Crippen LogP contribution in [0.5, 0.6) is 0 Å². The van der Waals surface area contributed by atoms with Crippen LogP contribution in [0.1, 0.15) is 49.2 Å². The van der Waals surface area contributed by atoms with E-state index in [2.05, 4.69) is 26.0 Å². The van der Waals surface area contributed by atoms with Gasteiger partial charge in [0, 0.05) is 0 Å². The molecule has 2 aromatic rings. The molecule has 2 heterocycles. The SMILES string of the molecule is CCC(C)C(c1ccc(C)o1)c1ccc(C)o1. The molecule has 17 heavy (non-hydrogen) atoms. The molecule has 1 unspecified atom stereocenters. The molecule has 2 nitrogen and oxygen atoms in total. The quantitative estimate of drug-likeness (QED) is 0.765. The van der Waals surface area contributed by atoms with Crippen LogP contribution in [0.25, 0.3) is 0 Å². The normalized spacial score (nSPS) is 13.2. The van der Waals surface area contributed by atoms with Gasteiger partial charge >= 0.3 is 0 Å². The minimum atomic E-state index is 0.224. The summed E-state index contributed by atoms with van der Waals surface area (Å²) in [7, 11) is 0. The predicted octanol–water partition coefficient (Wildman–Crippen LogP) is 4.67. The number of rotatable bonds is 4. The van der Waals surface area contributed by atoms with Crippen LogP contribution in [-0.4, -0.2) is 0 Å². The molecule has 0 bridgehead atoms. The lowest BCUT2D eigenvalue weighted by molar-refractivity contribution is 0.344. The van der Waals surface area contributed by atoms with Gasteiger partial charge in [-0.2, -0.15) is 0 Å². The third-order valence-electron chi connectivity index (χ3n) is 3.35. The Balaban J connectivity index is 2.38. The minimum absolute atomic E-state index is 0.224. The summed E-state index contributed by atoms with van der Waals surface area (Å²) in [5.74, 6) is 4.65. The highest BCUT2D eigenvalue weighted by Crippen LogP contribution is 2.35. The fourth-order valence-corrected chi connectivity index (χ4v) is 2.18. The Hall–Kier alpha value is -1.44. The summed E-state index contributed by atoms with van der Waals surface area (Å²) in [4.78, 5) is 0. The molecule has 2 aromatic heterocycles. The molecule has 0 saturated heterocycles. The lowest BCUT2D eigenvalue weighted by Crippen LogP contribution is -2.09. The largest absolute Gasteiger partial charge is 0.466 e. The van der Waals surface area contributed by atoms with Crippen molar-refractivity contribution in [3.63, 3.8) is 0 Å². The maximum Gasteiger partial charge on any atom is 0.115 e. The summed E-state index contributed by atoms with van der Waals surface area (Å²) in [6.07, 6.45) is 1.10. The van der Waals surface area contributed by atoms with Gasteiger partial charge in [0.2, 0.25) is 0 Å². The van der Waals surface area contributed by atoms with E-state index in [1.54, 1.807) is 0 Å². The minimum Gasteiger partial charge on any atom is -0.466 e. The third kappa shape index (κ3) is 2.46. The van der Waals surface area contributed by atoms with Crippen molar-refractivity contribution in [2.24, 2.45) is 5.92 Å². The van der Waals surface area contributed by atoms with Crippen LogP contribution in [0.15, 0.2) is 33.1 Å². The number of hydrogen-bond acceptors (Lipinski definition) is 2. The van der Waals surface area contributed by atoms with Gasteiger partial charge in [0.25, 0.3) is 0 Å². The molecule has 2 rings (SSSR count). The van der Waals surface area contributed by atoms with Gasteiger partial charge in [-0.3, -0.25) is 0 Å². The molecule has 2 heteroatoms. The zero-order valence-electron chi connectivity index (χ0n) is 11.0. The van der Waals surface area contributed by atoms with Gasteiger partial charge < -0.3 is 8.83 Å². The summed E-state index contributed by atoms with van der Waals surface area (Å²) < 4.78 is 11.5. The van der Waals surface area contributed by atoms with E-state index in [1.807, 2.05) is 26.0 Å². The van der Waals surface area contributed by atoms with E-state index in [9.17, 15) is 0 Å². The maximum atomic E-state index is 5.77. The highest BCUT2D eigenvalue weighted by molar-refractivity contribution is 5.23. The van der Waals surface area contributed by atoms with Crippen LogP contribution in [0.2, 0.25) is 0 Å². The van der Waals surface area contributed by atoms with E-state index in [-0.39, 0.29) is 5.92 Å². The van der Waals surface area contributed by atoms with Crippen LogP contribution >= 0.6 is 0 Å². The average Bonchev–Trinajstić information content (AvgIpc) is 2.89. The Morgan fingerprint density at radius 2 is 1.41 bits per heavy atom. The van der Waals surface area contributed by atoms with E-state index in [4.69, 9.17) is 8.83 Å². The van der Waals surface area contributed by atoms with Gasteiger partial charge in [0.15, 0.2) is 0 Å². The van der Waals surface area contributed by atoms with E-state index in [0.29, 0.717) is 5.92 Å². The molecule has 0 aromatic carbocycles. The molecule has 0 radical (unpaired) electrons. The summed E-state index contributed by atoms with van der Waals surface area (Å²) >= 11 is 0. The van der Waals surface area contributed by atoms with Gasteiger partial charge in [-0.25, -0.2) is 0 Å². The lowest BCUT2D eigenvalue weighted by Gasteiger charge is -2.18. The van der Waals surface area contributed by atoms with Crippen LogP contribution in [-0.2, 0) is 0 Å². The first-order valence-corrected chi connectivity index (χ1v) is 6.24. The summed E-state index contributed by atoms with van der Waals surface area (Å²) in [5.41, 5.74) is 0. The molecule has 0 amide bonds. The Morgan fingerprint density at radius 3 is 1.71 bits per heavy atom. The Morgan fingerprint density at radius 1 is 0.941 bits per heavy atom. The first-order valence-electron chi connectivity index (χ1n) is 6.24. The predicted molar refractivity (Wildman–Crippen MR) is 68.2 cm³/mol. The molecule has 0 aliphatic rings. The van der Waals surface area contributed by atoms with Crippen LogP contribution in [0.4, 0.5) is 0 Å². The van der Waals surface area contributed by atoms with Crippen LogP contribution in [0, 0.1) is 19.8 Å². The van der Waals surface area contributed by atoms with Gasteiger partial charge in [-0.1, -0.05) is 20.3 Å². The van der Waals surface area contributed by atoms with Crippen LogP contribution in [0.3, 0.4) is 0 Å². The molecule has 1 atom stereocenters. The Labute approximate surface area is 103 Å². The van der Waals surface area contributed by atoms with Crippen molar-refractivity contribution < 1.29 is 8.83 Å². The summed E-state index contributed by atoms with van der Waals surface area (Å²) in [6.45, 7) is 8.39. The third-order valence-corrected chi connectivity index (χ3v) is 3.35. The molecule has 0 aliphatic heterocycles. The lowest BCUT2D eigenvalue weighted by atomic mass is 9.87. The molecule has 0 aliphatic carbocycles. The second-order valence-electron chi connectivity index (χ2n) is 4.76. The van der Waals surface area contributed by atoms with Crippen molar-refractivity contribution in [3.05, 3.63) is 47.3 Å². The molecule has 0 fully saturated rings. The van der Waals surface area contributed by atoms with Crippen molar-refractivity contribution in [2.75, 3.05) is 0 Å². The molecule has 0 saturated carbocycles. The first-order chi connectivity index (χ1) is 8.11. The molecular weight excluding hydrogens is 212 g/mol. The number of aryl methyl sites for hydroxylation is 2. The van der Waals surface area contributed by atoms with Crippen molar-refractivity contribution >= 4 is 0 Å². The maximum absolute atomic E-state index is 5.77. The highest BCUT2D eigenvalue weighted by Gasteiger charge is 2.25. The number of furan rings is 2. The molecular formula is C15H20O2. The van der Waals surface area contributed by atoms with Gasteiger partial charge in [0.05, 0.1) is 5.92 Å². The fourth-order valence-electron chi connectivity index (χ4n) is 2.18. The Kier molecular flexibility index (Phi) is 3.41. The zero-order valence-corrected chi connectivity index (χ0v) is 11.0.